The smallest absolute Gasteiger partial charge is 0.124 e. The third kappa shape index (κ3) is 3.55. The van der Waals surface area contributed by atoms with Crippen LogP contribution in [0.4, 0.5) is 5.69 Å². The van der Waals surface area contributed by atoms with Crippen molar-refractivity contribution in [3.63, 3.8) is 0 Å². The van der Waals surface area contributed by atoms with Crippen molar-refractivity contribution in [2.45, 2.75) is 32.9 Å². The van der Waals surface area contributed by atoms with Gasteiger partial charge in [0, 0.05) is 23.3 Å². The minimum Gasteiger partial charge on any atom is -0.497 e. The number of anilines is 1. The van der Waals surface area contributed by atoms with Crippen LogP contribution in [0.5, 0.6) is 11.5 Å². The summed E-state index contributed by atoms with van der Waals surface area (Å²) in [6, 6.07) is 12.1. The summed E-state index contributed by atoms with van der Waals surface area (Å²) in [5.74, 6) is 1.66. The van der Waals surface area contributed by atoms with Crippen molar-refractivity contribution >= 4 is 16.7 Å². The summed E-state index contributed by atoms with van der Waals surface area (Å²) in [6.07, 6.45) is 1.90. The molecule has 3 rings (SSSR count). The molecule has 1 heterocycles. The molecular formula is C20H25N3O2. The van der Waals surface area contributed by atoms with Crippen LogP contribution < -0.4 is 14.8 Å². The Bertz CT molecular complexity index is 878. The monoisotopic (exact) mass is 339 g/mol. The number of rotatable bonds is 5. The molecule has 0 bridgehead atoms. The maximum absolute atomic E-state index is 5.43. The molecule has 0 saturated carbocycles. The molecule has 1 aromatic heterocycles. The van der Waals surface area contributed by atoms with Gasteiger partial charge in [0.05, 0.1) is 31.6 Å². The lowest BCUT2D eigenvalue weighted by Crippen LogP contribution is -2.20. The lowest BCUT2D eigenvalue weighted by Gasteiger charge is -2.21. The zero-order valence-electron chi connectivity index (χ0n) is 15.5. The van der Waals surface area contributed by atoms with Gasteiger partial charge in [-0.3, -0.25) is 0 Å². The van der Waals surface area contributed by atoms with Gasteiger partial charge < -0.3 is 19.4 Å². The zero-order valence-corrected chi connectivity index (χ0v) is 15.5. The van der Waals surface area contributed by atoms with Crippen molar-refractivity contribution in [2.75, 3.05) is 19.5 Å². The molecule has 0 aliphatic heterocycles. The first-order valence-electron chi connectivity index (χ1n) is 8.35. The molecule has 5 nitrogen and oxygen atoms in total. The number of benzene rings is 2. The molecule has 0 fully saturated rings. The number of hydrogen-bond donors (Lipinski definition) is 1. The van der Waals surface area contributed by atoms with Gasteiger partial charge in [-0.15, -0.1) is 0 Å². The van der Waals surface area contributed by atoms with Gasteiger partial charge in [0.1, 0.15) is 11.5 Å². The molecule has 3 aromatic rings. The van der Waals surface area contributed by atoms with Crippen LogP contribution in [0.2, 0.25) is 0 Å². The second-order valence-electron chi connectivity index (χ2n) is 7.02. The van der Waals surface area contributed by atoms with Crippen LogP contribution in [0.25, 0.3) is 11.0 Å². The Kier molecular flexibility index (Phi) is 4.57. The number of imidazole rings is 1. The first-order valence-corrected chi connectivity index (χ1v) is 8.35. The van der Waals surface area contributed by atoms with E-state index in [9.17, 15) is 0 Å². The number of aromatic nitrogens is 2. The molecule has 0 amide bonds. The predicted octanol–water partition coefficient (Wildman–Crippen LogP) is 4.42. The summed E-state index contributed by atoms with van der Waals surface area (Å²) in [5, 5.41) is 3.44. The fourth-order valence-electron chi connectivity index (χ4n) is 2.87. The number of fused-ring (bicyclic) bond motifs is 1. The van der Waals surface area contributed by atoms with Gasteiger partial charge >= 0.3 is 0 Å². The average molecular weight is 339 g/mol. The average Bonchev–Trinajstić information content (AvgIpc) is 3.03. The van der Waals surface area contributed by atoms with Crippen LogP contribution in [-0.4, -0.2) is 23.8 Å². The quantitative estimate of drug-likeness (QED) is 0.747. The maximum atomic E-state index is 5.43. The van der Waals surface area contributed by atoms with Crippen LogP contribution in [0.3, 0.4) is 0 Å². The Balaban J connectivity index is 1.82. The van der Waals surface area contributed by atoms with E-state index in [4.69, 9.17) is 9.47 Å². The first kappa shape index (κ1) is 17.1. The van der Waals surface area contributed by atoms with Crippen LogP contribution >= 0.6 is 0 Å². The molecule has 0 unspecified atom stereocenters. The Hall–Kier alpha value is -2.69. The Morgan fingerprint density at radius 1 is 1.04 bits per heavy atom. The molecule has 5 heteroatoms. The predicted molar refractivity (Wildman–Crippen MR) is 102 cm³/mol. The fourth-order valence-corrected chi connectivity index (χ4v) is 2.87. The Morgan fingerprint density at radius 2 is 1.84 bits per heavy atom. The summed E-state index contributed by atoms with van der Waals surface area (Å²) in [5.41, 5.74) is 4.20. The lowest BCUT2D eigenvalue weighted by molar-refractivity contribution is 0.399. The highest BCUT2D eigenvalue weighted by Crippen LogP contribution is 2.27. The van der Waals surface area contributed by atoms with Crippen molar-refractivity contribution in [1.82, 2.24) is 9.55 Å². The molecule has 0 aliphatic rings. The largest absolute Gasteiger partial charge is 0.497 e. The highest BCUT2D eigenvalue weighted by molar-refractivity contribution is 5.79. The molecule has 0 saturated heterocycles. The topological polar surface area (TPSA) is 48.3 Å². The van der Waals surface area contributed by atoms with E-state index in [0.717, 1.165) is 33.8 Å². The number of methoxy groups -OCH3 is 2. The molecule has 0 radical (unpaired) electrons. The highest BCUT2D eigenvalue weighted by atomic mass is 16.5. The van der Waals surface area contributed by atoms with Crippen LogP contribution in [-0.2, 0) is 12.1 Å². The van der Waals surface area contributed by atoms with Gasteiger partial charge in [0.15, 0.2) is 0 Å². The zero-order chi connectivity index (χ0) is 18.0. The van der Waals surface area contributed by atoms with Crippen molar-refractivity contribution < 1.29 is 9.47 Å². The summed E-state index contributed by atoms with van der Waals surface area (Å²) in [4.78, 5) is 4.54. The third-order valence-corrected chi connectivity index (χ3v) is 4.24. The SMILES string of the molecule is COc1ccc(OC)c(CNc2ccc3c(c2)ncn3C(C)(C)C)c1. The van der Waals surface area contributed by atoms with Gasteiger partial charge in [-0.2, -0.15) is 0 Å². The van der Waals surface area contributed by atoms with Crippen molar-refractivity contribution in [3.05, 3.63) is 48.3 Å². The van der Waals surface area contributed by atoms with Gasteiger partial charge in [0.2, 0.25) is 0 Å². The van der Waals surface area contributed by atoms with E-state index in [0.29, 0.717) is 6.54 Å². The fraction of sp³-hybridized carbons (Fsp3) is 0.350. The second-order valence-corrected chi connectivity index (χ2v) is 7.02. The number of nitrogens with zero attached hydrogens (tertiary/aromatic N) is 2. The van der Waals surface area contributed by atoms with E-state index in [2.05, 4.69) is 53.8 Å². The van der Waals surface area contributed by atoms with Crippen molar-refractivity contribution in [3.8, 4) is 11.5 Å². The molecule has 2 aromatic carbocycles. The highest BCUT2D eigenvalue weighted by Gasteiger charge is 2.16. The van der Waals surface area contributed by atoms with Crippen LogP contribution in [0, 0.1) is 0 Å². The molecule has 0 spiro atoms. The second kappa shape index (κ2) is 6.67. The van der Waals surface area contributed by atoms with Gasteiger partial charge in [-0.25, -0.2) is 4.98 Å². The molecule has 132 valence electrons. The van der Waals surface area contributed by atoms with E-state index in [1.165, 1.54) is 0 Å². The number of hydrogen-bond acceptors (Lipinski definition) is 4. The first-order chi connectivity index (χ1) is 11.9. The summed E-state index contributed by atoms with van der Waals surface area (Å²) in [7, 11) is 3.34. The van der Waals surface area contributed by atoms with E-state index < -0.39 is 0 Å². The van der Waals surface area contributed by atoms with Gasteiger partial charge in [0.25, 0.3) is 0 Å². The van der Waals surface area contributed by atoms with Gasteiger partial charge in [-0.05, 0) is 57.2 Å². The summed E-state index contributed by atoms with van der Waals surface area (Å²) in [6.45, 7) is 7.17. The van der Waals surface area contributed by atoms with E-state index in [1.54, 1.807) is 14.2 Å². The Labute approximate surface area is 148 Å². The van der Waals surface area contributed by atoms with E-state index in [1.807, 2.05) is 24.5 Å². The Morgan fingerprint density at radius 3 is 2.52 bits per heavy atom. The third-order valence-electron chi connectivity index (χ3n) is 4.24. The molecule has 25 heavy (non-hydrogen) atoms. The molecular weight excluding hydrogens is 314 g/mol. The van der Waals surface area contributed by atoms with Crippen LogP contribution in [0.1, 0.15) is 26.3 Å². The minimum absolute atomic E-state index is 0.0116. The summed E-state index contributed by atoms with van der Waals surface area (Å²) >= 11 is 0. The maximum Gasteiger partial charge on any atom is 0.124 e. The summed E-state index contributed by atoms with van der Waals surface area (Å²) < 4.78 is 12.9. The number of ether oxygens (including phenoxy) is 2. The van der Waals surface area contributed by atoms with E-state index >= 15 is 0 Å². The van der Waals surface area contributed by atoms with Crippen molar-refractivity contribution in [2.24, 2.45) is 0 Å². The van der Waals surface area contributed by atoms with Crippen molar-refractivity contribution in [1.29, 1.82) is 0 Å². The van der Waals surface area contributed by atoms with E-state index in [-0.39, 0.29) is 5.54 Å². The number of nitrogens with one attached hydrogen (secondary N) is 1. The molecule has 1 N–H and O–H groups in total. The molecule has 0 aliphatic carbocycles. The minimum atomic E-state index is 0.0116. The normalized spacial score (nSPS) is 11.6. The standard InChI is InChI=1S/C20H25N3O2/c1-20(2,3)23-13-22-17-11-15(6-8-18(17)23)21-12-14-10-16(24-4)7-9-19(14)25-5/h6-11,13,21H,12H2,1-5H3. The molecule has 0 atom stereocenters. The lowest BCUT2D eigenvalue weighted by atomic mass is 10.1. The van der Waals surface area contributed by atoms with Crippen LogP contribution in [0.15, 0.2) is 42.7 Å². The van der Waals surface area contributed by atoms with Gasteiger partial charge in [-0.1, -0.05) is 0 Å².